The van der Waals surface area contributed by atoms with E-state index in [0.717, 1.165) is 0 Å². The van der Waals surface area contributed by atoms with E-state index in [0.29, 0.717) is 54.5 Å². The Morgan fingerprint density at radius 2 is 1.66 bits per heavy atom. The molecule has 0 saturated heterocycles. The number of anilines is 1. The SMILES string of the molecule is CCN(CC)c1ccc(N=C2C=CC(=O)c3ncccc32)cc1S(=O)(=O)N(CC)CC.[Cu]. The van der Waals surface area contributed by atoms with Crippen molar-refractivity contribution in [1.82, 2.24) is 9.29 Å². The number of allylic oxidation sites excluding steroid dienone is 2. The predicted molar refractivity (Wildman–Crippen MR) is 124 cm³/mol. The minimum Gasteiger partial charge on any atom is -0.371 e. The number of pyridine rings is 1. The number of fused-ring (bicyclic) bond motifs is 1. The van der Waals surface area contributed by atoms with Gasteiger partial charge >= 0.3 is 0 Å². The van der Waals surface area contributed by atoms with Crippen molar-refractivity contribution in [1.29, 1.82) is 0 Å². The molecule has 175 valence electrons. The molecule has 0 amide bonds. The minimum atomic E-state index is -3.69. The molecule has 1 aliphatic carbocycles. The number of benzene rings is 1. The Labute approximate surface area is 200 Å². The zero-order valence-electron chi connectivity index (χ0n) is 18.7. The van der Waals surface area contributed by atoms with Crippen LogP contribution in [-0.4, -0.2) is 55.4 Å². The molecule has 0 spiro atoms. The van der Waals surface area contributed by atoms with Crippen LogP contribution in [0.5, 0.6) is 0 Å². The maximum absolute atomic E-state index is 13.4. The van der Waals surface area contributed by atoms with Crippen LogP contribution in [0.15, 0.2) is 58.6 Å². The van der Waals surface area contributed by atoms with Gasteiger partial charge in [0, 0.05) is 55.0 Å². The van der Waals surface area contributed by atoms with E-state index in [-0.39, 0.29) is 27.7 Å². The molecular weight excluding hydrogens is 476 g/mol. The van der Waals surface area contributed by atoms with Crippen LogP contribution in [0.2, 0.25) is 0 Å². The molecule has 0 saturated carbocycles. The van der Waals surface area contributed by atoms with Crippen molar-refractivity contribution in [2.75, 3.05) is 31.1 Å². The van der Waals surface area contributed by atoms with Crippen LogP contribution in [-0.2, 0) is 27.1 Å². The van der Waals surface area contributed by atoms with E-state index in [1.54, 1.807) is 30.5 Å². The summed E-state index contributed by atoms with van der Waals surface area (Å²) in [5.74, 6) is -0.170. The van der Waals surface area contributed by atoms with Gasteiger partial charge in [-0.25, -0.2) is 13.4 Å². The first-order valence-corrected chi connectivity index (χ1v) is 12.0. The van der Waals surface area contributed by atoms with Crippen molar-refractivity contribution in [3.8, 4) is 0 Å². The van der Waals surface area contributed by atoms with E-state index in [2.05, 4.69) is 9.98 Å². The number of rotatable bonds is 8. The molecule has 9 heteroatoms. The number of nitrogens with zero attached hydrogens (tertiary/aromatic N) is 4. The van der Waals surface area contributed by atoms with Crippen molar-refractivity contribution < 1.29 is 30.3 Å². The Balaban J connectivity index is 0.00000363. The molecule has 1 aliphatic rings. The average molecular weight is 504 g/mol. The average Bonchev–Trinajstić information content (AvgIpc) is 2.78. The van der Waals surface area contributed by atoms with E-state index in [4.69, 9.17) is 0 Å². The van der Waals surface area contributed by atoms with Crippen molar-refractivity contribution >= 4 is 32.9 Å². The summed E-state index contributed by atoms with van der Waals surface area (Å²) in [6, 6.07) is 8.78. The zero-order chi connectivity index (χ0) is 22.6. The molecule has 1 heterocycles. The van der Waals surface area contributed by atoms with Crippen molar-refractivity contribution in [2.45, 2.75) is 32.6 Å². The standard InChI is InChI=1S/C23H28N4O3S.Cu/c1-5-26(6-2)20-13-11-17(16-22(20)31(29,30)27(7-3)8-4)25-19-12-14-21(28)23-18(19)10-9-15-24-23;/h9-16H,5-8H2,1-4H3;. The van der Waals surface area contributed by atoms with Gasteiger partial charge in [-0.05, 0) is 56.3 Å². The normalized spacial score (nSPS) is 14.4. The predicted octanol–water partition coefficient (Wildman–Crippen LogP) is 3.83. The quantitative estimate of drug-likeness (QED) is 0.511. The molecule has 0 bridgehead atoms. The Kier molecular flexibility index (Phi) is 8.92. The van der Waals surface area contributed by atoms with E-state index < -0.39 is 10.0 Å². The van der Waals surface area contributed by atoms with Crippen LogP contribution in [0.4, 0.5) is 11.4 Å². The van der Waals surface area contributed by atoms with Gasteiger partial charge in [-0.1, -0.05) is 13.8 Å². The van der Waals surface area contributed by atoms with Crippen LogP contribution in [0, 0.1) is 0 Å². The topological polar surface area (TPSA) is 82.9 Å². The first kappa shape index (κ1) is 25.9. The van der Waals surface area contributed by atoms with Crippen LogP contribution < -0.4 is 4.90 Å². The number of sulfonamides is 1. The summed E-state index contributed by atoms with van der Waals surface area (Å²) in [4.78, 5) is 23.2. The minimum absolute atomic E-state index is 0. The Morgan fingerprint density at radius 3 is 2.28 bits per heavy atom. The Hall–Kier alpha value is -2.32. The van der Waals surface area contributed by atoms with Crippen LogP contribution in [0.1, 0.15) is 43.7 Å². The second-order valence-corrected chi connectivity index (χ2v) is 8.91. The Morgan fingerprint density at radius 1 is 0.969 bits per heavy atom. The number of aromatic nitrogens is 1. The van der Waals surface area contributed by atoms with Crippen LogP contribution >= 0.6 is 0 Å². The first-order valence-electron chi connectivity index (χ1n) is 10.5. The number of hydrogen-bond donors (Lipinski definition) is 0. The second kappa shape index (κ2) is 11.0. The van der Waals surface area contributed by atoms with Gasteiger partial charge in [0.2, 0.25) is 15.8 Å². The number of carbonyl (C=O) groups is 1. The van der Waals surface area contributed by atoms with E-state index in [1.165, 1.54) is 10.4 Å². The number of ketones is 1. The number of hydrogen-bond acceptors (Lipinski definition) is 6. The molecule has 0 unspecified atom stereocenters. The molecule has 0 atom stereocenters. The smallest absolute Gasteiger partial charge is 0.245 e. The number of aliphatic imine (C=N–C) groups is 1. The van der Waals surface area contributed by atoms with Gasteiger partial charge in [-0.3, -0.25) is 9.78 Å². The second-order valence-electron chi connectivity index (χ2n) is 7.01. The van der Waals surface area contributed by atoms with Crippen LogP contribution in [0.25, 0.3) is 0 Å². The molecular formula is C23H28CuN4O3S. The fourth-order valence-corrected chi connectivity index (χ4v) is 5.36. The summed E-state index contributed by atoms with van der Waals surface area (Å²) < 4.78 is 28.3. The monoisotopic (exact) mass is 503 g/mol. The first-order chi connectivity index (χ1) is 14.9. The van der Waals surface area contributed by atoms with Crippen LogP contribution in [0.3, 0.4) is 0 Å². The molecule has 1 aromatic heterocycles. The van der Waals surface area contributed by atoms with Gasteiger partial charge < -0.3 is 4.90 Å². The zero-order valence-corrected chi connectivity index (χ0v) is 20.4. The maximum atomic E-state index is 13.4. The van der Waals surface area contributed by atoms with Crippen molar-refractivity contribution in [3.05, 3.63) is 59.9 Å². The van der Waals surface area contributed by atoms with Gasteiger partial charge in [0.25, 0.3) is 0 Å². The summed E-state index contributed by atoms with van der Waals surface area (Å²) in [5, 5.41) is 0. The largest absolute Gasteiger partial charge is 0.371 e. The fraction of sp³-hybridized carbons (Fsp3) is 0.348. The van der Waals surface area contributed by atoms with E-state index in [9.17, 15) is 13.2 Å². The van der Waals surface area contributed by atoms with Gasteiger partial charge in [-0.2, -0.15) is 4.31 Å². The molecule has 1 aromatic carbocycles. The Bertz CT molecular complexity index is 1140. The summed E-state index contributed by atoms with van der Waals surface area (Å²) in [7, 11) is -3.69. The number of carbonyl (C=O) groups excluding carboxylic acids is 1. The summed E-state index contributed by atoms with van der Waals surface area (Å²) in [5.41, 5.74) is 2.72. The summed E-state index contributed by atoms with van der Waals surface area (Å²) >= 11 is 0. The van der Waals surface area contributed by atoms with Gasteiger partial charge in [0.1, 0.15) is 10.6 Å². The molecule has 1 radical (unpaired) electrons. The third kappa shape index (κ3) is 5.01. The molecule has 0 aliphatic heterocycles. The molecule has 32 heavy (non-hydrogen) atoms. The third-order valence-electron chi connectivity index (χ3n) is 5.33. The molecule has 0 N–H and O–H groups in total. The summed E-state index contributed by atoms with van der Waals surface area (Å²) in [6.07, 6.45) is 4.65. The third-order valence-corrected chi connectivity index (χ3v) is 7.41. The van der Waals surface area contributed by atoms with Gasteiger partial charge in [-0.15, -0.1) is 0 Å². The van der Waals surface area contributed by atoms with Gasteiger partial charge in [0.05, 0.1) is 17.1 Å². The molecule has 0 fully saturated rings. The molecule has 2 aromatic rings. The van der Waals surface area contributed by atoms with E-state index in [1.807, 2.05) is 44.7 Å². The molecule has 7 nitrogen and oxygen atoms in total. The van der Waals surface area contributed by atoms with Gasteiger partial charge in [0.15, 0.2) is 0 Å². The van der Waals surface area contributed by atoms with E-state index >= 15 is 0 Å². The molecule has 3 rings (SSSR count). The van der Waals surface area contributed by atoms with Crippen molar-refractivity contribution in [3.63, 3.8) is 0 Å². The fourth-order valence-electron chi connectivity index (χ4n) is 3.68. The maximum Gasteiger partial charge on any atom is 0.245 e. The summed E-state index contributed by atoms with van der Waals surface area (Å²) in [6.45, 7) is 9.81. The van der Waals surface area contributed by atoms with Crippen molar-refractivity contribution in [2.24, 2.45) is 4.99 Å².